The molecule has 1 aromatic rings. The molecule has 3 unspecified atom stereocenters. The zero-order valence-electron chi connectivity index (χ0n) is 14.9. The van der Waals surface area contributed by atoms with Gasteiger partial charge in [0.25, 0.3) is 0 Å². The van der Waals surface area contributed by atoms with E-state index in [2.05, 4.69) is 11.8 Å². The highest BCUT2D eigenvalue weighted by Gasteiger charge is 2.29. The second-order valence-electron chi connectivity index (χ2n) is 6.37. The average molecular weight is 376 g/mol. The van der Waals surface area contributed by atoms with Crippen LogP contribution >= 0.6 is 24.8 Å². The molecule has 1 heterocycles. The summed E-state index contributed by atoms with van der Waals surface area (Å²) in [5.41, 5.74) is 7.30. The first-order valence-corrected chi connectivity index (χ1v) is 8.34. The summed E-state index contributed by atoms with van der Waals surface area (Å²) in [6, 6.07) is 10.1. The van der Waals surface area contributed by atoms with Crippen molar-refractivity contribution in [1.29, 1.82) is 0 Å². The van der Waals surface area contributed by atoms with Crippen LogP contribution in [0, 0.1) is 5.92 Å². The van der Waals surface area contributed by atoms with Crippen molar-refractivity contribution in [3.05, 3.63) is 35.9 Å². The lowest BCUT2D eigenvalue weighted by molar-refractivity contribution is -0.135. The number of hydrogen-bond donors (Lipinski definition) is 1. The molecular weight excluding hydrogens is 345 g/mol. The molecule has 4 nitrogen and oxygen atoms in total. The topological polar surface area (TPSA) is 49.6 Å². The normalized spacial score (nSPS) is 19.8. The van der Waals surface area contributed by atoms with Gasteiger partial charge in [0.15, 0.2) is 0 Å². The number of amides is 1. The van der Waals surface area contributed by atoms with E-state index in [1.54, 1.807) is 0 Å². The quantitative estimate of drug-likeness (QED) is 0.830. The lowest BCUT2D eigenvalue weighted by Gasteiger charge is -2.30. The van der Waals surface area contributed by atoms with E-state index in [9.17, 15) is 4.79 Å². The van der Waals surface area contributed by atoms with E-state index in [1.807, 2.05) is 49.2 Å². The number of rotatable bonds is 6. The Balaban J connectivity index is 0.00000264. The Bertz CT molecular complexity index is 486. The summed E-state index contributed by atoms with van der Waals surface area (Å²) in [5, 5.41) is 0. The number of nitrogens with zero attached hydrogens (tertiary/aromatic N) is 2. The van der Waals surface area contributed by atoms with Crippen LogP contribution in [0.15, 0.2) is 30.3 Å². The number of hydrogen-bond acceptors (Lipinski definition) is 3. The predicted octanol–water partition coefficient (Wildman–Crippen LogP) is 3.11. The molecule has 24 heavy (non-hydrogen) atoms. The number of likely N-dealkylation sites (tertiary alicyclic amines) is 1. The largest absolute Gasteiger partial charge is 0.344 e. The molecule has 0 aliphatic carbocycles. The van der Waals surface area contributed by atoms with Gasteiger partial charge in [-0.1, -0.05) is 44.2 Å². The Kier molecular flexibility index (Phi) is 10.6. The second kappa shape index (κ2) is 10.9. The molecule has 1 amide bonds. The van der Waals surface area contributed by atoms with Crippen molar-refractivity contribution < 1.29 is 4.79 Å². The van der Waals surface area contributed by atoms with Crippen molar-refractivity contribution in [2.45, 2.75) is 38.8 Å². The first-order valence-electron chi connectivity index (χ1n) is 8.34. The third-order valence-corrected chi connectivity index (χ3v) is 4.88. The molecule has 0 radical (unpaired) electrons. The number of carbonyl (C=O) groups excluding carboxylic acids is 1. The molecule has 1 saturated heterocycles. The zero-order chi connectivity index (χ0) is 16.1. The molecule has 1 aliphatic rings. The highest BCUT2D eigenvalue weighted by molar-refractivity contribution is 5.85. The maximum Gasteiger partial charge on any atom is 0.227 e. The van der Waals surface area contributed by atoms with Crippen molar-refractivity contribution in [3.8, 4) is 0 Å². The summed E-state index contributed by atoms with van der Waals surface area (Å²) in [7, 11) is 1.91. The lowest BCUT2D eigenvalue weighted by atomic mass is 9.94. The van der Waals surface area contributed by atoms with E-state index >= 15 is 0 Å². The van der Waals surface area contributed by atoms with Crippen molar-refractivity contribution in [2.75, 3.05) is 26.7 Å². The second-order valence-corrected chi connectivity index (χ2v) is 6.37. The van der Waals surface area contributed by atoms with E-state index in [0.29, 0.717) is 6.04 Å². The molecule has 1 aromatic carbocycles. The lowest BCUT2D eigenvalue weighted by Crippen LogP contribution is -2.44. The van der Waals surface area contributed by atoms with Crippen LogP contribution in [-0.4, -0.2) is 48.4 Å². The minimum absolute atomic E-state index is 0. The fraction of sp³-hybridized carbons (Fsp3) is 0.611. The van der Waals surface area contributed by atoms with Crippen molar-refractivity contribution in [3.63, 3.8) is 0 Å². The molecule has 0 bridgehead atoms. The Labute approximate surface area is 158 Å². The number of halogens is 2. The smallest absolute Gasteiger partial charge is 0.227 e. The predicted molar refractivity (Wildman–Crippen MR) is 105 cm³/mol. The summed E-state index contributed by atoms with van der Waals surface area (Å²) in [6.07, 6.45) is 2.42. The first-order chi connectivity index (χ1) is 10.5. The first kappa shape index (κ1) is 23.2. The highest BCUT2D eigenvalue weighted by atomic mass is 35.5. The van der Waals surface area contributed by atoms with E-state index in [4.69, 9.17) is 5.73 Å². The van der Waals surface area contributed by atoms with Crippen LogP contribution in [0.4, 0.5) is 0 Å². The molecule has 2 rings (SSSR count). The van der Waals surface area contributed by atoms with Crippen LogP contribution in [0.2, 0.25) is 0 Å². The molecule has 3 atom stereocenters. The van der Waals surface area contributed by atoms with Gasteiger partial charge >= 0.3 is 0 Å². The molecule has 0 spiro atoms. The van der Waals surface area contributed by atoms with Gasteiger partial charge < -0.3 is 10.6 Å². The van der Waals surface area contributed by atoms with Gasteiger partial charge in [0, 0.05) is 25.7 Å². The minimum atomic E-state index is -0.248. The van der Waals surface area contributed by atoms with Gasteiger partial charge in [0.2, 0.25) is 5.91 Å². The molecule has 138 valence electrons. The highest BCUT2D eigenvalue weighted by Crippen LogP contribution is 2.22. The molecule has 1 fully saturated rings. The third-order valence-electron chi connectivity index (χ3n) is 4.88. The zero-order valence-corrected chi connectivity index (χ0v) is 16.5. The molecule has 6 heteroatoms. The van der Waals surface area contributed by atoms with Crippen molar-refractivity contribution >= 4 is 30.7 Å². The fourth-order valence-corrected chi connectivity index (χ4v) is 3.39. The van der Waals surface area contributed by atoms with Crippen molar-refractivity contribution in [1.82, 2.24) is 9.80 Å². The van der Waals surface area contributed by atoms with E-state index in [-0.39, 0.29) is 42.7 Å². The SMILES string of the molecule is CCN1CCCC1CN(C)C(=O)C(C)C(N)c1ccccc1.Cl.Cl. The van der Waals surface area contributed by atoms with Gasteiger partial charge in [0.1, 0.15) is 0 Å². The molecule has 0 saturated carbocycles. The number of likely N-dealkylation sites (N-methyl/N-ethyl adjacent to an activating group) is 2. The monoisotopic (exact) mass is 375 g/mol. The molecule has 2 N–H and O–H groups in total. The Hall–Kier alpha value is -0.810. The van der Waals surface area contributed by atoms with Gasteiger partial charge in [0.05, 0.1) is 5.92 Å². The van der Waals surface area contributed by atoms with E-state index in [0.717, 1.165) is 25.2 Å². The minimum Gasteiger partial charge on any atom is -0.344 e. The van der Waals surface area contributed by atoms with E-state index in [1.165, 1.54) is 12.8 Å². The van der Waals surface area contributed by atoms with Gasteiger partial charge in [-0.15, -0.1) is 24.8 Å². The molecular formula is C18H31Cl2N3O. The van der Waals surface area contributed by atoms with Crippen LogP contribution in [0.5, 0.6) is 0 Å². The van der Waals surface area contributed by atoms with E-state index < -0.39 is 0 Å². The molecule has 1 aliphatic heterocycles. The van der Waals surface area contributed by atoms with Crippen LogP contribution in [-0.2, 0) is 4.79 Å². The van der Waals surface area contributed by atoms with Crippen LogP contribution in [0.1, 0.15) is 38.3 Å². The average Bonchev–Trinajstić information content (AvgIpc) is 3.00. The van der Waals surface area contributed by atoms with Gasteiger partial charge in [-0.25, -0.2) is 0 Å². The standard InChI is InChI=1S/C18H29N3O.2ClH/c1-4-21-12-8-11-16(21)13-20(3)18(22)14(2)17(19)15-9-6-5-7-10-15;;/h5-7,9-10,14,16-17H,4,8,11-13,19H2,1-3H3;2*1H. The summed E-state index contributed by atoms with van der Waals surface area (Å²) in [4.78, 5) is 17.0. The maximum atomic E-state index is 12.7. The number of benzene rings is 1. The Morgan fingerprint density at radius 1 is 1.33 bits per heavy atom. The number of nitrogens with two attached hydrogens (primary N) is 1. The van der Waals surface area contributed by atoms with Crippen LogP contribution in [0.3, 0.4) is 0 Å². The maximum absolute atomic E-state index is 12.7. The summed E-state index contributed by atoms with van der Waals surface area (Å²) in [6.45, 7) is 7.14. The van der Waals surface area contributed by atoms with Crippen LogP contribution in [0.25, 0.3) is 0 Å². The van der Waals surface area contributed by atoms with Crippen molar-refractivity contribution in [2.24, 2.45) is 11.7 Å². The molecule has 0 aromatic heterocycles. The summed E-state index contributed by atoms with van der Waals surface area (Å²) in [5.74, 6) is -0.0665. The Morgan fingerprint density at radius 3 is 2.54 bits per heavy atom. The van der Waals surface area contributed by atoms with Gasteiger partial charge in [-0.3, -0.25) is 9.69 Å². The fourth-order valence-electron chi connectivity index (χ4n) is 3.39. The third kappa shape index (κ3) is 5.62. The Morgan fingerprint density at radius 2 is 1.96 bits per heavy atom. The summed E-state index contributed by atoms with van der Waals surface area (Å²) >= 11 is 0. The van der Waals surface area contributed by atoms with Gasteiger partial charge in [-0.2, -0.15) is 0 Å². The van der Waals surface area contributed by atoms with Gasteiger partial charge in [-0.05, 0) is 31.5 Å². The number of carbonyl (C=O) groups is 1. The summed E-state index contributed by atoms with van der Waals surface area (Å²) < 4.78 is 0. The van der Waals surface area contributed by atoms with Crippen LogP contribution < -0.4 is 5.73 Å².